The van der Waals surface area contributed by atoms with Crippen LogP contribution in [0.2, 0.25) is 5.02 Å². The Hall–Kier alpha value is -2.70. The van der Waals surface area contributed by atoms with E-state index in [-0.39, 0.29) is 6.03 Å². The summed E-state index contributed by atoms with van der Waals surface area (Å²) in [4.78, 5) is 16.9. The second kappa shape index (κ2) is 9.12. The number of hydrogen-bond acceptors (Lipinski definition) is 4. The first-order valence-corrected chi connectivity index (χ1v) is 9.11. The lowest BCUT2D eigenvalue weighted by molar-refractivity contribution is 0.251. The largest absolute Gasteiger partial charge is 0.334 e. The van der Waals surface area contributed by atoms with Gasteiger partial charge in [0.15, 0.2) is 0 Å². The SMILES string of the molecule is O=C(NCc1ccc(NSc2ccc(Cl)cc2)cc1)Nc1ccncc1. The maximum Gasteiger partial charge on any atom is 0.319 e. The topological polar surface area (TPSA) is 66.1 Å². The van der Waals surface area contributed by atoms with Gasteiger partial charge < -0.3 is 15.4 Å². The number of pyridine rings is 1. The molecule has 0 saturated carbocycles. The fourth-order valence-corrected chi connectivity index (χ4v) is 2.87. The van der Waals surface area contributed by atoms with Crippen molar-refractivity contribution in [2.45, 2.75) is 11.4 Å². The molecule has 0 unspecified atom stereocenters. The maximum atomic E-state index is 11.9. The lowest BCUT2D eigenvalue weighted by atomic mass is 10.2. The molecule has 132 valence electrons. The summed E-state index contributed by atoms with van der Waals surface area (Å²) < 4.78 is 3.27. The summed E-state index contributed by atoms with van der Waals surface area (Å²) in [5.74, 6) is 0. The highest BCUT2D eigenvalue weighted by Crippen LogP contribution is 2.22. The molecule has 0 spiro atoms. The van der Waals surface area contributed by atoms with E-state index in [0.29, 0.717) is 12.2 Å². The van der Waals surface area contributed by atoms with Crippen LogP contribution < -0.4 is 15.4 Å². The third-order valence-electron chi connectivity index (χ3n) is 3.45. The van der Waals surface area contributed by atoms with Gasteiger partial charge in [-0.1, -0.05) is 23.7 Å². The molecule has 2 aromatic carbocycles. The fraction of sp³-hybridized carbons (Fsp3) is 0.0526. The van der Waals surface area contributed by atoms with Crippen molar-refractivity contribution in [3.05, 3.63) is 83.6 Å². The highest BCUT2D eigenvalue weighted by atomic mass is 35.5. The first-order valence-electron chi connectivity index (χ1n) is 7.91. The van der Waals surface area contributed by atoms with E-state index in [9.17, 15) is 4.79 Å². The molecule has 0 fully saturated rings. The third kappa shape index (κ3) is 5.68. The molecule has 3 aromatic rings. The average molecular weight is 385 g/mol. The molecule has 3 rings (SSSR count). The van der Waals surface area contributed by atoms with E-state index >= 15 is 0 Å². The molecular formula is C19H17ClN4OS. The smallest absolute Gasteiger partial charge is 0.319 e. The van der Waals surface area contributed by atoms with Gasteiger partial charge in [-0.2, -0.15) is 0 Å². The van der Waals surface area contributed by atoms with Gasteiger partial charge in [-0.25, -0.2) is 4.79 Å². The van der Waals surface area contributed by atoms with E-state index in [2.05, 4.69) is 20.3 Å². The lowest BCUT2D eigenvalue weighted by Crippen LogP contribution is -2.28. The molecule has 5 nitrogen and oxygen atoms in total. The first-order chi connectivity index (χ1) is 12.7. The molecule has 3 N–H and O–H groups in total. The second-order valence-corrected chi connectivity index (χ2v) is 6.71. The molecule has 0 aliphatic rings. The Bertz CT molecular complexity index is 842. The van der Waals surface area contributed by atoms with Crippen LogP contribution in [0.15, 0.2) is 78.0 Å². The standard InChI is InChI=1S/C19H17ClN4OS/c20-15-3-7-18(8-4-15)26-24-17-5-1-14(2-6-17)13-22-19(25)23-16-9-11-21-12-10-16/h1-12,24H,13H2,(H2,21,22,23,25). The predicted octanol–water partition coefficient (Wildman–Crippen LogP) is 5.18. The Labute approximate surface area is 161 Å². The van der Waals surface area contributed by atoms with Crippen LogP contribution in [0.1, 0.15) is 5.56 Å². The number of nitrogens with zero attached hydrogens (tertiary/aromatic N) is 1. The molecule has 26 heavy (non-hydrogen) atoms. The van der Waals surface area contributed by atoms with Crippen LogP contribution in [0.25, 0.3) is 0 Å². The number of aromatic nitrogens is 1. The number of rotatable bonds is 6. The Balaban J connectivity index is 1.45. The van der Waals surface area contributed by atoms with Crippen molar-refractivity contribution >= 4 is 41.0 Å². The number of benzene rings is 2. The zero-order valence-corrected chi connectivity index (χ0v) is 15.3. The van der Waals surface area contributed by atoms with E-state index in [1.54, 1.807) is 24.5 Å². The van der Waals surface area contributed by atoms with Crippen molar-refractivity contribution in [1.29, 1.82) is 0 Å². The number of urea groups is 1. The third-order valence-corrected chi connectivity index (χ3v) is 4.54. The molecule has 0 aliphatic carbocycles. The molecule has 0 atom stereocenters. The zero-order chi connectivity index (χ0) is 18.2. The lowest BCUT2D eigenvalue weighted by Gasteiger charge is -2.09. The number of amides is 2. The molecule has 0 aliphatic heterocycles. The van der Waals surface area contributed by atoms with Crippen molar-refractivity contribution in [3.8, 4) is 0 Å². The van der Waals surface area contributed by atoms with Crippen LogP contribution in [0.4, 0.5) is 16.2 Å². The molecule has 7 heteroatoms. The highest BCUT2D eigenvalue weighted by molar-refractivity contribution is 8.00. The van der Waals surface area contributed by atoms with Gasteiger partial charge in [0.05, 0.1) is 0 Å². The van der Waals surface area contributed by atoms with Crippen LogP contribution in [-0.4, -0.2) is 11.0 Å². The van der Waals surface area contributed by atoms with Crippen LogP contribution in [0.3, 0.4) is 0 Å². The van der Waals surface area contributed by atoms with E-state index in [4.69, 9.17) is 11.6 Å². The van der Waals surface area contributed by atoms with E-state index in [0.717, 1.165) is 21.2 Å². The van der Waals surface area contributed by atoms with Crippen molar-refractivity contribution < 1.29 is 4.79 Å². The quantitative estimate of drug-likeness (QED) is 0.512. The zero-order valence-electron chi connectivity index (χ0n) is 13.8. The van der Waals surface area contributed by atoms with Gasteiger partial charge in [0.2, 0.25) is 0 Å². The summed E-state index contributed by atoms with van der Waals surface area (Å²) in [7, 11) is 0. The summed E-state index contributed by atoms with van der Waals surface area (Å²) in [6.07, 6.45) is 3.26. The highest BCUT2D eigenvalue weighted by Gasteiger charge is 2.02. The van der Waals surface area contributed by atoms with Crippen molar-refractivity contribution in [2.24, 2.45) is 0 Å². The van der Waals surface area contributed by atoms with Crippen molar-refractivity contribution in [2.75, 3.05) is 10.0 Å². The van der Waals surface area contributed by atoms with Gasteiger partial charge in [0.25, 0.3) is 0 Å². The number of nitrogens with one attached hydrogen (secondary N) is 3. The number of carbonyl (C=O) groups excluding carboxylic acids is 1. The fourth-order valence-electron chi connectivity index (χ4n) is 2.10. The maximum absolute atomic E-state index is 11.9. The van der Waals surface area contributed by atoms with Gasteiger partial charge in [-0.15, -0.1) is 0 Å². The monoisotopic (exact) mass is 384 g/mol. The van der Waals surface area contributed by atoms with Crippen molar-refractivity contribution in [3.63, 3.8) is 0 Å². The summed E-state index contributed by atoms with van der Waals surface area (Å²) in [5, 5.41) is 6.29. The van der Waals surface area contributed by atoms with Crippen LogP contribution in [-0.2, 0) is 6.54 Å². The van der Waals surface area contributed by atoms with E-state index < -0.39 is 0 Å². The Morgan fingerprint density at radius 1 is 0.923 bits per heavy atom. The van der Waals surface area contributed by atoms with Crippen molar-refractivity contribution in [1.82, 2.24) is 10.3 Å². The van der Waals surface area contributed by atoms with Gasteiger partial charge in [0, 0.05) is 40.2 Å². The van der Waals surface area contributed by atoms with Crippen LogP contribution in [0, 0.1) is 0 Å². The summed E-state index contributed by atoms with van der Waals surface area (Å²) in [6.45, 7) is 0.446. The van der Waals surface area contributed by atoms with Gasteiger partial charge in [0.1, 0.15) is 0 Å². The molecule has 1 heterocycles. The average Bonchev–Trinajstić information content (AvgIpc) is 2.67. The normalized spacial score (nSPS) is 10.2. The first kappa shape index (κ1) is 18.1. The van der Waals surface area contributed by atoms with E-state index in [1.807, 2.05) is 48.5 Å². The molecule has 1 aromatic heterocycles. The van der Waals surface area contributed by atoms with E-state index in [1.165, 1.54) is 11.9 Å². The second-order valence-electron chi connectivity index (χ2n) is 5.40. The Kier molecular flexibility index (Phi) is 6.35. The molecule has 0 saturated heterocycles. The van der Waals surface area contributed by atoms with Gasteiger partial charge >= 0.3 is 6.03 Å². The van der Waals surface area contributed by atoms with Gasteiger partial charge in [-0.3, -0.25) is 4.98 Å². The number of anilines is 2. The van der Waals surface area contributed by atoms with Crippen LogP contribution >= 0.6 is 23.5 Å². The molecule has 0 bridgehead atoms. The summed E-state index contributed by atoms with van der Waals surface area (Å²) >= 11 is 7.39. The predicted molar refractivity (Wildman–Crippen MR) is 107 cm³/mol. The van der Waals surface area contributed by atoms with Crippen LogP contribution in [0.5, 0.6) is 0 Å². The number of carbonyl (C=O) groups is 1. The minimum atomic E-state index is -0.253. The minimum absolute atomic E-state index is 0.253. The number of halogens is 1. The summed E-state index contributed by atoms with van der Waals surface area (Å²) in [5.41, 5.74) is 2.70. The summed E-state index contributed by atoms with van der Waals surface area (Å²) in [6, 6.07) is 18.7. The molecule has 2 amide bonds. The van der Waals surface area contributed by atoms with Gasteiger partial charge in [-0.05, 0) is 66.0 Å². The molecular weight excluding hydrogens is 368 g/mol. The Morgan fingerprint density at radius 3 is 2.31 bits per heavy atom. The Morgan fingerprint density at radius 2 is 1.62 bits per heavy atom. The number of hydrogen-bond donors (Lipinski definition) is 3. The minimum Gasteiger partial charge on any atom is -0.334 e. The molecule has 0 radical (unpaired) electrons.